The zero-order chi connectivity index (χ0) is 12.5. The fraction of sp³-hybridized carbons (Fsp3) is 0.417. The molecule has 2 rings (SSSR count). The van der Waals surface area contributed by atoms with E-state index in [1.54, 1.807) is 17.8 Å². The molecule has 1 heterocycles. The molecule has 1 aliphatic rings. The first-order valence-corrected chi connectivity index (χ1v) is 7.21. The lowest BCUT2D eigenvalue weighted by atomic mass is 10.0. The third-order valence-corrected chi connectivity index (χ3v) is 4.44. The van der Waals surface area contributed by atoms with Gasteiger partial charge in [-0.2, -0.15) is 0 Å². The second-order valence-corrected chi connectivity index (χ2v) is 6.18. The highest BCUT2D eigenvalue weighted by Crippen LogP contribution is 2.31. The van der Waals surface area contributed by atoms with Gasteiger partial charge in [0.15, 0.2) is 5.17 Å². The first kappa shape index (κ1) is 13.1. The zero-order valence-corrected chi connectivity index (χ0v) is 12.1. The maximum absolute atomic E-state index is 5.95. The van der Waals surface area contributed by atoms with Crippen LogP contribution in [0.15, 0.2) is 23.2 Å². The number of benzene rings is 1. The molecule has 1 unspecified atom stereocenters. The zero-order valence-electron chi connectivity index (χ0n) is 9.76. The van der Waals surface area contributed by atoms with Gasteiger partial charge in [0.2, 0.25) is 0 Å². The maximum atomic E-state index is 5.95. The van der Waals surface area contributed by atoms with E-state index in [2.05, 4.69) is 24.2 Å². The quantitative estimate of drug-likeness (QED) is 0.855. The van der Waals surface area contributed by atoms with Crippen LogP contribution >= 0.6 is 35.0 Å². The summed E-state index contributed by atoms with van der Waals surface area (Å²) in [5.41, 5.74) is 0.934. The average molecular weight is 289 g/mol. The highest BCUT2D eigenvalue weighted by Gasteiger charge is 2.28. The summed E-state index contributed by atoms with van der Waals surface area (Å²) < 4.78 is 0. The summed E-state index contributed by atoms with van der Waals surface area (Å²) in [5.74, 6) is 1.01. The van der Waals surface area contributed by atoms with Crippen LogP contribution in [0, 0.1) is 0 Å². The van der Waals surface area contributed by atoms with Crippen molar-refractivity contribution in [3.63, 3.8) is 0 Å². The van der Waals surface area contributed by atoms with Gasteiger partial charge in [-0.15, -0.1) is 0 Å². The molecule has 1 atom stereocenters. The van der Waals surface area contributed by atoms with E-state index < -0.39 is 0 Å². The molecular weight excluding hydrogens is 275 g/mol. The van der Waals surface area contributed by atoms with Crippen LogP contribution in [0.2, 0.25) is 10.0 Å². The summed E-state index contributed by atoms with van der Waals surface area (Å²) >= 11 is 13.6. The van der Waals surface area contributed by atoms with E-state index in [1.807, 2.05) is 12.1 Å². The second-order valence-electron chi connectivity index (χ2n) is 4.34. The predicted molar refractivity (Wildman–Crippen MR) is 78.7 cm³/mol. The van der Waals surface area contributed by atoms with Crippen LogP contribution in [0.3, 0.4) is 0 Å². The van der Waals surface area contributed by atoms with Gasteiger partial charge in [-0.25, -0.2) is 0 Å². The molecule has 5 heteroatoms. The van der Waals surface area contributed by atoms with E-state index in [-0.39, 0.29) is 5.54 Å². The number of nitrogens with zero attached hydrogens (tertiary/aromatic N) is 1. The summed E-state index contributed by atoms with van der Waals surface area (Å²) in [4.78, 5) is 4.68. The number of hydrogen-bond donors (Lipinski definition) is 1. The Morgan fingerprint density at radius 1 is 1.35 bits per heavy atom. The van der Waals surface area contributed by atoms with E-state index in [0.29, 0.717) is 10.0 Å². The molecule has 0 radical (unpaired) electrons. The first-order chi connectivity index (χ1) is 8.00. The highest BCUT2D eigenvalue weighted by molar-refractivity contribution is 8.14. The van der Waals surface area contributed by atoms with Gasteiger partial charge in [0, 0.05) is 21.5 Å². The van der Waals surface area contributed by atoms with Gasteiger partial charge in [0.1, 0.15) is 0 Å². The summed E-state index contributed by atoms with van der Waals surface area (Å²) in [6.45, 7) is 4.32. The van der Waals surface area contributed by atoms with E-state index in [1.165, 1.54) is 0 Å². The van der Waals surface area contributed by atoms with Crippen molar-refractivity contribution in [2.24, 2.45) is 4.99 Å². The topological polar surface area (TPSA) is 24.4 Å². The lowest BCUT2D eigenvalue weighted by Gasteiger charge is -2.15. The number of halogens is 2. The van der Waals surface area contributed by atoms with Crippen molar-refractivity contribution in [2.45, 2.75) is 25.8 Å². The third-order valence-electron chi connectivity index (χ3n) is 2.77. The van der Waals surface area contributed by atoms with E-state index in [4.69, 9.17) is 23.2 Å². The second kappa shape index (κ2) is 5.09. The predicted octanol–water partition coefficient (Wildman–Crippen LogP) is 4.68. The molecule has 0 saturated heterocycles. The summed E-state index contributed by atoms with van der Waals surface area (Å²) in [6, 6.07) is 5.41. The molecule has 2 nitrogen and oxygen atoms in total. The molecule has 1 aromatic carbocycles. The molecule has 0 spiro atoms. The third kappa shape index (κ3) is 3.30. The molecule has 0 amide bonds. The Morgan fingerprint density at radius 2 is 2.00 bits per heavy atom. The molecule has 0 aromatic heterocycles. The Kier molecular flexibility index (Phi) is 3.91. The summed E-state index contributed by atoms with van der Waals surface area (Å²) in [5, 5.41) is 5.45. The van der Waals surface area contributed by atoms with E-state index >= 15 is 0 Å². The number of hydrogen-bond acceptors (Lipinski definition) is 3. The Labute approximate surface area is 116 Å². The number of thioether (sulfide) groups is 1. The smallest absolute Gasteiger partial charge is 0.161 e. The molecule has 0 fully saturated rings. The average Bonchev–Trinajstić information content (AvgIpc) is 2.59. The Balaban J connectivity index is 2.14. The van der Waals surface area contributed by atoms with E-state index in [0.717, 1.165) is 23.0 Å². The SMILES string of the molecule is CCC1(C)CSC(Nc2cc(Cl)cc(Cl)c2)=N1. The molecule has 1 N–H and O–H groups in total. The molecule has 0 saturated carbocycles. The van der Waals surface area contributed by atoms with E-state index in [9.17, 15) is 0 Å². The van der Waals surface area contributed by atoms with Crippen molar-refractivity contribution in [3.05, 3.63) is 28.2 Å². The molecule has 1 aromatic rings. The van der Waals surface area contributed by atoms with Gasteiger partial charge in [-0.3, -0.25) is 4.99 Å². The van der Waals surface area contributed by atoms with Crippen LogP contribution < -0.4 is 5.32 Å². The van der Waals surface area contributed by atoms with Gasteiger partial charge >= 0.3 is 0 Å². The van der Waals surface area contributed by atoms with Gasteiger partial charge in [-0.1, -0.05) is 41.9 Å². The van der Waals surface area contributed by atoms with Crippen LogP contribution in [0.4, 0.5) is 5.69 Å². The van der Waals surface area contributed by atoms with Crippen LogP contribution in [0.5, 0.6) is 0 Å². The summed E-state index contributed by atoms with van der Waals surface area (Å²) in [6.07, 6.45) is 1.04. The largest absolute Gasteiger partial charge is 0.335 e. The van der Waals surface area contributed by atoms with Crippen LogP contribution in [0.25, 0.3) is 0 Å². The number of rotatable bonds is 2. The molecule has 17 heavy (non-hydrogen) atoms. The Morgan fingerprint density at radius 3 is 2.53 bits per heavy atom. The molecule has 92 valence electrons. The number of anilines is 1. The highest BCUT2D eigenvalue weighted by atomic mass is 35.5. The van der Waals surface area contributed by atoms with Crippen LogP contribution in [0.1, 0.15) is 20.3 Å². The fourth-order valence-corrected chi connectivity index (χ4v) is 3.25. The monoisotopic (exact) mass is 288 g/mol. The minimum Gasteiger partial charge on any atom is -0.335 e. The van der Waals surface area contributed by atoms with Crippen molar-refractivity contribution < 1.29 is 0 Å². The fourth-order valence-electron chi connectivity index (χ4n) is 1.53. The van der Waals surface area contributed by atoms with Crippen molar-refractivity contribution in [2.75, 3.05) is 11.1 Å². The van der Waals surface area contributed by atoms with Crippen LogP contribution in [-0.2, 0) is 0 Å². The normalized spacial score (nSPS) is 23.6. The van der Waals surface area contributed by atoms with Gasteiger partial charge in [0.05, 0.1) is 5.54 Å². The van der Waals surface area contributed by atoms with Gasteiger partial charge in [0.25, 0.3) is 0 Å². The van der Waals surface area contributed by atoms with Crippen molar-refractivity contribution >= 4 is 45.8 Å². The van der Waals surface area contributed by atoms with Crippen molar-refractivity contribution in [1.29, 1.82) is 0 Å². The van der Waals surface area contributed by atoms with Gasteiger partial charge in [-0.05, 0) is 31.5 Å². The Hall–Kier alpha value is -0.380. The Bertz CT molecular complexity index is 442. The molecular formula is C12H14Cl2N2S. The first-order valence-electron chi connectivity index (χ1n) is 5.46. The lowest BCUT2D eigenvalue weighted by Crippen LogP contribution is -2.20. The molecule has 0 bridgehead atoms. The number of aliphatic imine (C=N–C) groups is 1. The van der Waals surface area contributed by atoms with Crippen molar-refractivity contribution in [1.82, 2.24) is 0 Å². The number of amidine groups is 1. The minimum absolute atomic E-state index is 0.0510. The van der Waals surface area contributed by atoms with Gasteiger partial charge < -0.3 is 5.32 Å². The molecule has 1 aliphatic heterocycles. The minimum atomic E-state index is 0.0510. The number of nitrogens with one attached hydrogen (secondary N) is 1. The van der Waals surface area contributed by atoms with Crippen molar-refractivity contribution in [3.8, 4) is 0 Å². The lowest BCUT2D eigenvalue weighted by molar-refractivity contribution is 0.523. The molecule has 0 aliphatic carbocycles. The summed E-state index contributed by atoms with van der Waals surface area (Å²) in [7, 11) is 0. The standard InChI is InChI=1S/C12H14Cl2N2S/c1-3-12(2)7-17-11(16-12)15-10-5-8(13)4-9(14)6-10/h4-6H,3,7H2,1-2H3,(H,15,16). The van der Waals surface area contributed by atoms with Crippen LogP contribution in [-0.4, -0.2) is 16.5 Å². The maximum Gasteiger partial charge on any atom is 0.161 e.